The molecule has 6 heteroatoms. The fourth-order valence-corrected chi connectivity index (χ4v) is 1.59. The number of hydrogen-bond donors (Lipinski definition) is 3. The molecule has 0 spiro atoms. The van der Waals surface area contributed by atoms with E-state index in [1.165, 1.54) is 0 Å². The third-order valence-electron chi connectivity index (χ3n) is 2.61. The Morgan fingerprint density at radius 3 is 2.06 bits per heavy atom. The summed E-state index contributed by atoms with van der Waals surface area (Å²) in [5, 5.41) is 17.3. The van der Waals surface area contributed by atoms with Gasteiger partial charge in [0.1, 0.15) is 6.17 Å². The SMILES string of the molecule is CCC(F)C(C)CC(N)C(C(=O)O)C(=O)O. The van der Waals surface area contributed by atoms with Crippen LogP contribution in [0, 0.1) is 11.8 Å². The molecule has 0 aromatic heterocycles. The van der Waals surface area contributed by atoms with E-state index in [-0.39, 0.29) is 6.42 Å². The number of alkyl halides is 1. The van der Waals surface area contributed by atoms with E-state index in [0.29, 0.717) is 6.42 Å². The van der Waals surface area contributed by atoms with Crippen molar-refractivity contribution in [3.8, 4) is 0 Å². The van der Waals surface area contributed by atoms with Crippen molar-refractivity contribution in [1.82, 2.24) is 0 Å². The Labute approximate surface area is 93.4 Å². The molecule has 94 valence electrons. The molecule has 0 aromatic rings. The monoisotopic (exact) mass is 235 g/mol. The highest BCUT2D eigenvalue weighted by Gasteiger charge is 2.34. The van der Waals surface area contributed by atoms with E-state index in [1.807, 2.05) is 0 Å². The van der Waals surface area contributed by atoms with E-state index in [9.17, 15) is 14.0 Å². The second-order valence-corrected chi connectivity index (χ2v) is 3.96. The largest absolute Gasteiger partial charge is 0.481 e. The van der Waals surface area contributed by atoms with E-state index in [0.717, 1.165) is 0 Å². The van der Waals surface area contributed by atoms with Gasteiger partial charge in [-0.15, -0.1) is 0 Å². The predicted octanol–water partition coefficient (Wildman–Crippen LogP) is 0.873. The van der Waals surface area contributed by atoms with Crippen molar-refractivity contribution in [3.05, 3.63) is 0 Å². The first kappa shape index (κ1) is 14.8. The maximum atomic E-state index is 13.2. The average molecular weight is 235 g/mol. The number of carbonyl (C=O) groups is 2. The van der Waals surface area contributed by atoms with E-state index in [4.69, 9.17) is 15.9 Å². The minimum absolute atomic E-state index is 0.0400. The molecule has 0 aliphatic rings. The van der Waals surface area contributed by atoms with E-state index in [1.54, 1.807) is 13.8 Å². The number of carboxylic acid groups (broad SMARTS) is 2. The number of nitrogens with two attached hydrogens (primary N) is 1. The Kier molecular flexibility index (Phi) is 5.95. The van der Waals surface area contributed by atoms with Gasteiger partial charge in [0.2, 0.25) is 0 Å². The van der Waals surface area contributed by atoms with Gasteiger partial charge in [0, 0.05) is 6.04 Å². The van der Waals surface area contributed by atoms with Crippen LogP contribution >= 0.6 is 0 Å². The zero-order chi connectivity index (χ0) is 12.9. The standard InChI is InChI=1S/C10H18FNO4/c1-3-6(11)5(2)4-7(12)8(9(13)14)10(15)16/h5-8H,3-4,12H2,1-2H3,(H,13,14)(H,15,16). The van der Waals surface area contributed by atoms with Crippen LogP contribution in [0.4, 0.5) is 4.39 Å². The summed E-state index contributed by atoms with van der Waals surface area (Å²) < 4.78 is 13.2. The Balaban J connectivity index is 4.47. The normalized spacial score (nSPS) is 16.8. The number of hydrogen-bond acceptors (Lipinski definition) is 3. The van der Waals surface area contributed by atoms with Crippen LogP contribution in [0.2, 0.25) is 0 Å². The Hall–Kier alpha value is -1.17. The van der Waals surface area contributed by atoms with Gasteiger partial charge in [0.05, 0.1) is 0 Å². The summed E-state index contributed by atoms with van der Waals surface area (Å²) in [5.41, 5.74) is 5.48. The van der Waals surface area contributed by atoms with E-state index >= 15 is 0 Å². The van der Waals surface area contributed by atoms with Crippen molar-refractivity contribution in [1.29, 1.82) is 0 Å². The second kappa shape index (κ2) is 6.42. The molecule has 0 saturated carbocycles. The Bertz CT molecular complexity index is 245. The van der Waals surface area contributed by atoms with Crippen molar-refractivity contribution in [2.75, 3.05) is 0 Å². The van der Waals surface area contributed by atoms with Crippen molar-refractivity contribution in [2.45, 2.75) is 38.9 Å². The topological polar surface area (TPSA) is 101 Å². The summed E-state index contributed by atoms with van der Waals surface area (Å²) in [7, 11) is 0. The van der Waals surface area contributed by atoms with E-state index < -0.39 is 36.0 Å². The first-order valence-electron chi connectivity index (χ1n) is 5.16. The lowest BCUT2D eigenvalue weighted by Crippen LogP contribution is -2.42. The van der Waals surface area contributed by atoms with Crippen molar-refractivity contribution < 1.29 is 24.2 Å². The molecule has 5 nitrogen and oxygen atoms in total. The molecule has 0 bridgehead atoms. The third kappa shape index (κ3) is 4.14. The lowest BCUT2D eigenvalue weighted by Gasteiger charge is -2.22. The molecule has 0 heterocycles. The van der Waals surface area contributed by atoms with Gasteiger partial charge in [-0.05, 0) is 18.8 Å². The van der Waals surface area contributed by atoms with Gasteiger partial charge in [-0.3, -0.25) is 9.59 Å². The molecular weight excluding hydrogens is 217 g/mol. The summed E-state index contributed by atoms with van der Waals surface area (Å²) >= 11 is 0. The zero-order valence-electron chi connectivity index (χ0n) is 9.39. The fraction of sp³-hybridized carbons (Fsp3) is 0.800. The molecule has 3 atom stereocenters. The van der Waals surface area contributed by atoms with Crippen molar-refractivity contribution in [2.24, 2.45) is 17.6 Å². The molecule has 0 amide bonds. The van der Waals surface area contributed by atoms with E-state index in [2.05, 4.69) is 0 Å². The molecule has 0 aromatic carbocycles. The molecule has 0 rings (SSSR count). The highest BCUT2D eigenvalue weighted by atomic mass is 19.1. The lowest BCUT2D eigenvalue weighted by atomic mass is 9.89. The highest BCUT2D eigenvalue weighted by Crippen LogP contribution is 2.19. The first-order chi connectivity index (χ1) is 7.31. The summed E-state index contributed by atoms with van der Waals surface area (Å²) in [6, 6.07) is -1.07. The highest BCUT2D eigenvalue weighted by molar-refractivity contribution is 5.93. The summed E-state index contributed by atoms with van der Waals surface area (Å²) in [5.74, 6) is -5.09. The van der Waals surface area contributed by atoms with Gasteiger partial charge in [-0.2, -0.15) is 0 Å². The van der Waals surface area contributed by atoms with Gasteiger partial charge < -0.3 is 15.9 Å². The maximum Gasteiger partial charge on any atom is 0.319 e. The quantitative estimate of drug-likeness (QED) is 0.568. The lowest BCUT2D eigenvalue weighted by molar-refractivity contribution is -0.155. The molecule has 0 radical (unpaired) electrons. The Morgan fingerprint density at radius 2 is 1.75 bits per heavy atom. The predicted molar refractivity (Wildman–Crippen MR) is 55.7 cm³/mol. The van der Waals surface area contributed by atoms with Crippen LogP contribution in [-0.4, -0.2) is 34.4 Å². The van der Waals surface area contributed by atoms with Crippen molar-refractivity contribution >= 4 is 11.9 Å². The molecule has 4 N–H and O–H groups in total. The average Bonchev–Trinajstić information content (AvgIpc) is 2.14. The van der Waals surface area contributed by atoms with Crippen LogP contribution in [0.15, 0.2) is 0 Å². The summed E-state index contributed by atoms with van der Waals surface area (Å²) in [6.45, 7) is 3.26. The minimum atomic E-state index is -1.67. The van der Waals surface area contributed by atoms with Crippen LogP contribution < -0.4 is 5.73 Å². The molecule has 3 unspecified atom stereocenters. The number of aliphatic carboxylic acids is 2. The Morgan fingerprint density at radius 1 is 1.31 bits per heavy atom. The van der Waals surface area contributed by atoms with Gasteiger partial charge >= 0.3 is 11.9 Å². The van der Waals surface area contributed by atoms with Crippen molar-refractivity contribution in [3.63, 3.8) is 0 Å². The molecule has 0 saturated heterocycles. The second-order valence-electron chi connectivity index (χ2n) is 3.96. The minimum Gasteiger partial charge on any atom is -0.481 e. The molecule has 16 heavy (non-hydrogen) atoms. The molecule has 0 fully saturated rings. The van der Waals surface area contributed by atoms with Gasteiger partial charge in [-0.25, -0.2) is 4.39 Å². The smallest absolute Gasteiger partial charge is 0.319 e. The van der Waals surface area contributed by atoms with Crippen LogP contribution in [0.1, 0.15) is 26.7 Å². The maximum absolute atomic E-state index is 13.2. The van der Waals surface area contributed by atoms with Gasteiger partial charge in [0.15, 0.2) is 5.92 Å². The summed E-state index contributed by atoms with van der Waals surface area (Å²) in [6.07, 6.45) is -0.744. The van der Waals surface area contributed by atoms with Crippen LogP contribution in [0.5, 0.6) is 0 Å². The van der Waals surface area contributed by atoms with Crippen LogP contribution in [0.3, 0.4) is 0 Å². The third-order valence-corrected chi connectivity index (χ3v) is 2.61. The first-order valence-corrected chi connectivity index (χ1v) is 5.16. The zero-order valence-corrected chi connectivity index (χ0v) is 9.39. The molecular formula is C10H18FNO4. The number of rotatable bonds is 7. The number of halogens is 1. The van der Waals surface area contributed by atoms with Gasteiger partial charge in [-0.1, -0.05) is 13.8 Å². The summed E-state index contributed by atoms with van der Waals surface area (Å²) in [4.78, 5) is 21.3. The fourth-order valence-electron chi connectivity index (χ4n) is 1.59. The molecule has 0 aliphatic heterocycles. The van der Waals surface area contributed by atoms with Crippen LogP contribution in [0.25, 0.3) is 0 Å². The molecule has 0 aliphatic carbocycles. The van der Waals surface area contributed by atoms with Crippen LogP contribution in [-0.2, 0) is 9.59 Å². The number of carboxylic acids is 2. The van der Waals surface area contributed by atoms with Gasteiger partial charge in [0.25, 0.3) is 0 Å².